The number of halogens is 1. The highest BCUT2D eigenvalue weighted by Gasteiger charge is 2.22. The number of nitrogens with one attached hydrogen (secondary N) is 3. The van der Waals surface area contributed by atoms with E-state index in [0.717, 1.165) is 31.5 Å². The molecule has 2 rings (SSSR count). The predicted octanol–water partition coefficient (Wildman–Crippen LogP) is 1.15. The molecule has 1 heterocycles. The zero-order valence-corrected chi connectivity index (χ0v) is 11.1. The Morgan fingerprint density at radius 1 is 1.20 bits per heavy atom. The number of carbonyl (C=O) groups is 2. The third kappa shape index (κ3) is 4.31. The molecule has 0 bridgehead atoms. The minimum Gasteiger partial charge on any atom is -0.334 e. The lowest BCUT2D eigenvalue weighted by molar-refractivity contribution is -0.124. The lowest BCUT2D eigenvalue weighted by atomic mass is 9.97. The molecule has 5 nitrogen and oxygen atoms in total. The number of rotatable bonds is 3. The number of piperidine rings is 1. The maximum atomic E-state index is 12.7. The molecule has 1 aliphatic rings. The molecule has 108 valence electrons. The number of amides is 3. The van der Waals surface area contributed by atoms with Gasteiger partial charge in [0, 0.05) is 12.5 Å². The van der Waals surface area contributed by atoms with Gasteiger partial charge in [0.15, 0.2) is 0 Å². The second-order valence-corrected chi connectivity index (χ2v) is 4.82. The Balaban J connectivity index is 1.74. The number of benzene rings is 1. The van der Waals surface area contributed by atoms with E-state index in [0.29, 0.717) is 0 Å². The molecular weight excluding hydrogens is 261 g/mol. The van der Waals surface area contributed by atoms with Gasteiger partial charge in [-0.05, 0) is 43.6 Å². The van der Waals surface area contributed by atoms with Gasteiger partial charge >= 0.3 is 6.03 Å². The van der Waals surface area contributed by atoms with Gasteiger partial charge in [-0.25, -0.2) is 9.18 Å². The van der Waals surface area contributed by atoms with Crippen molar-refractivity contribution >= 4 is 11.9 Å². The third-order valence-electron chi connectivity index (χ3n) is 3.31. The van der Waals surface area contributed by atoms with Crippen LogP contribution in [0, 0.1) is 11.7 Å². The standard InChI is InChI=1S/C14H18FN3O2/c15-12-3-1-10(2-4-12)9-17-14(20)18-13(19)11-5-7-16-8-6-11/h1-4,11,16H,5-9H2,(H2,17,18,19,20). The first-order chi connectivity index (χ1) is 9.65. The van der Waals surface area contributed by atoms with Crippen molar-refractivity contribution in [2.24, 2.45) is 5.92 Å². The first-order valence-electron chi connectivity index (χ1n) is 6.69. The van der Waals surface area contributed by atoms with Crippen LogP contribution in [0.3, 0.4) is 0 Å². The highest BCUT2D eigenvalue weighted by atomic mass is 19.1. The molecule has 1 aliphatic heterocycles. The second-order valence-electron chi connectivity index (χ2n) is 4.82. The summed E-state index contributed by atoms with van der Waals surface area (Å²) in [4.78, 5) is 23.4. The largest absolute Gasteiger partial charge is 0.334 e. The molecule has 0 saturated carbocycles. The van der Waals surface area contributed by atoms with Crippen LogP contribution in [0.25, 0.3) is 0 Å². The number of carbonyl (C=O) groups excluding carboxylic acids is 2. The smallest absolute Gasteiger partial charge is 0.321 e. The van der Waals surface area contributed by atoms with E-state index in [4.69, 9.17) is 0 Å². The fourth-order valence-electron chi connectivity index (χ4n) is 2.13. The fourth-order valence-corrected chi connectivity index (χ4v) is 2.13. The molecule has 0 aliphatic carbocycles. The van der Waals surface area contributed by atoms with Gasteiger partial charge < -0.3 is 10.6 Å². The molecule has 0 spiro atoms. The topological polar surface area (TPSA) is 70.2 Å². The van der Waals surface area contributed by atoms with Crippen molar-refractivity contribution < 1.29 is 14.0 Å². The minimum absolute atomic E-state index is 0.104. The van der Waals surface area contributed by atoms with Gasteiger partial charge in [-0.2, -0.15) is 0 Å². The van der Waals surface area contributed by atoms with Crippen LogP contribution in [0.5, 0.6) is 0 Å². The van der Waals surface area contributed by atoms with Gasteiger partial charge in [0.1, 0.15) is 5.82 Å². The number of hydrogen-bond donors (Lipinski definition) is 3. The van der Waals surface area contributed by atoms with Crippen molar-refractivity contribution in [2.45, 2.75) is 19.4 Å². The Morgan fingerprint density at radius 3 is 2.50 bits per heavy atom. The Kier molecular flexibility index (Phi) is 5.06. The van der Waals surface area contributed by atoms with Gasteiger partial charge in [-0.3, -0.25) is 10.1 Å². The van der Waals surface area contributed by atoms with E-state index in [1.54, 1.807) is 12.1 Å². The first kappa shape index (κ1) is 14.5. The monoisotopic (exact) mass is 279 g/mol. The molecule has 3 amide bonds. The Hall–Kier alpha value is -1.95. The first-order valence-corrected chi connectivity index (χ1v) is 6.69. The Morgan fingerprint density at radius 2 is 1.85 bits per heavy atom. The summed E-state index contributed by atoms with van der Waals surface area (Å²) in [5.74, 6) is -0.657. The highest BCUT2D eigenvalue weighted by molar-refractivity contribution is 5.95. The lowest BCUT2D eigenvalue weighted by Gasteiger charge is -2.21. The Labute approximate surface area is 116 Å². The van der Waals surface area contributed by atoms with Crippen LogP contribution in [-0.4, -0.2) is 25.0 Å². The van der Waals surface area contributed by atoms with Crippen LogP contribution in [0.15, 0.2) is 24.3 Å². The number of imide groups is 1. The average Bonchev–Trinajstić information content (AvgIpc) is 2.47. The van der Waals surface area contributed by atoms with Crippen LogP contribution in [0.4, 0.5) is 9.18 Å². The summed E-state index contributed by atoms with van der Waals surface area (Å²) < 4.78 is 12.7. The molecule has 1 aromatic carbocycles. The number of urea groups is 1. The molecule has 3 N–H and O–H groups in total. The number of hydrogen-bond acceptors (Lipinski definition) is 3. The molecule has 1 saturated heterocycles. The van der Waals surface area contributed by atoms with Gasteiger partial charge in [0.2, 0.25) is 5.91 Å². The third-order valence-corrected chi connectivity index (χ3v) is 3.31. The minimum atomic E-state index is -0.516. The molecule has 20 heavy (non-hydrogen) atoms. The van der Waals surface area contributed by atoms with E-state index >= 15 is 0 Å². The maximum absolute atomic E-state index is 12.7. The van der Waals surface area contributed by atoms with Gasteiger partial charge in [0.25, 0.3) is 0 Å². The van der Waals surface area contributed by atoms with Gasteiger partial charge in [0.05, 0.1) is 0 Å². The van der Waals surface area contributed by atoms with Crippen molar-refractivity contribution in [3.8, 4) is 0 Å². The van der Waals surface area contributed by atoms with E-state index in [1.807, 2.05) is 0 Å². The summed E-state index contributed by atoms with van der Waals surface area (Å²) in [7, 11) is 0. The summed E-state index contributed by atoms with van der Waals surface area (Å²) in [5, 5.41) is 8.08. The van der Waals surface area contributed by atoms with E-state index in [1.165, 1.54) is 12.1 Å². The van der Waals surface area contributed by atoms with E-state index in [9.17, 15) is 14.0 Å². The van der Waals surface area contributed by atoms with E-state index < -0.39 is 6.03 Å². The molecule has 0 atom stereocenters. The van der Waals surface area contributed by atoms with E-state index in [2.05, 4.69) is 16.0 Å². The molecule has 1 aromatic rings. The zero-order valence-electron chi connectivity index (χ0n) is 11.1. The van der Waals surface area contributed by atoms with Crippen LogP contribution < -0.4 is 16.0 Å². The van der Waals surface area contributed by atoms with Crippen LogP contribution >= 0.6 is 0 Å². The maximum Gasteiger partial charge on any atom is 0.321 e. The SMILES string of the molecule is O=C(NCc1ccc(F)cc1)NC(=O)C1CCNCC1. The van der Waals surface area contributed by atoms with E-state index in [-0.39, 0.29) is 24.2 Å². The van der Waals surface area contributed by atoms with Crippen molar-refractivity contribution in [3.63, 3.8) is 0 Å². The second kappa shape index (κ2) is 7.00. The molecule has 0 radical (unpaired) electrons. The highest BCUT2D eigenvalue weighted by Crippen LogP contribution is 2.11. The normalized spacial score (nSPS) is 15.7. The van der Waals surface area contributed by atoms with Gasteiger partial charge in [-0.1, -0.05) is 12.1 Å². The average molecular weight is 279 g/mol. The quantitative estimate of drug-likeness (QED) is 0.777. The summed E-state index contributed by atoms with van der Waals surface area (Å²) >= 11 is 0. The van der Waals surface area contributed by atoms with Crippen molar-refractivity contribution in [1.29, 1.82) is 0 Å². The molecule has 0 unspecified atom stereocenters. The van der Waals surface area contributed by atoms with Crippen LogP contribution in [0.2, 0.25) is 0 Å². The summed E-state index contributed by atoms with van der Waals surface area (Å²) in [5.41, 5.74) is 0.774. The molecule has 0 aromatic heterocycles. The van der Waals surface area contributed by atoms with Crippen LogP contribution in [0.1, 0.15) is 18.4 Å². The zero-order chi connectivity index (χ0) is 14.4. The summed E-state index contributed by atoms with van der Waals surface area (Å²) in [6.07, 6.45) is 1.49. The lowest BCUT2D eigenvalue weighted by Crippen LogP contribution is -2.44. The predicted molar refractivity (Wildman–Crippen MR) is 72.4 cm³/mol. The fraction of sp³-hybridized carbons (Fsp3) is 0.429. The van der Waals surface area contributed by atoms with Crippen LogP contribution in [-0.2, 0) is 11.3 Å². The molecular formula is C14H18FN3O2. The summed E-state index contributed by atoms with van der Waals surface area (Å²) in [6.45, 7) is 1.86. The van der Waals surface area contributed by atoms with Crippen molar-refractivity contribution in [2.75, 3.05) is 13.1 Å². The molecule has 6 heteroatoms. The van der Waals surface area contributed by atoms with Crippen molar-refractivity contribution in [3.05, 3.63) is 35.6 Å². The van der Waals surface area contributed by atoms with Gasteiger partial charge in [-0.15, -0.1) is 0 Å². The summed E-state index contributed by atoms with van der Waals surface area (Å²) in [6, 6.07) is 5.32. The Bertz CT molecular complexity index is 470. The molecule has 1 fully saturated rings. The van der Waals surface area contributed by atoms with Crippen molar-refractivity contribution in [1.82, 2.24) is 16.0 Å².